The summed E-state index contributed by atoms with van der Waals surface area (Å²) in [5.74, 6) is 3.16. The molecule has 1 heterocycles. The molecule has 0 radical (unpaired) electrons. The van der Waals surface area contributed by atoms with Crippen LogP contribution in [0.15, 0.2) is 30.3 Å². The van der Waals surface area contributed by atoms with Crippen molar-refractivity contribution in [3.05, 3.63) is 35.9 Å². The molecule has 0 amide bonds. The molecule has 2 rings (SSSR count). The van der Waals surface area contributed by atoms with Crippen molar-refractivity contribution in [2.75, 3.05) is 31.1 Å². The molecule has 2 nitrogen and oxygen atoms in total. The van der Waals surface area contributed by atoms with Crippen molar-refractivity contribution in [1.29, 1.82) is 0 Å². The van der Waals surface area contributed by atoms with E-state index in [4.69, 9.17) is 5.73 Å². The van der Waals surface area contributed by atoms with Gasteiger partial charge in [-0.1, -0.05) is 37.3 Å². The number of hydrogen-bond donors (Lipinski definition) is 1. The number of hydrogen-bond acceptors (Lipinski definition) is 3. The molecule has 3 heteroatoms. The van der Waals surface area contributed by atoms with Gasteiger partial charge in [-0.15, -0.1) is 0 Å². The number of benzene rings is 1. The Labute approximate surface area is 121 Å². The molecule has 1 aliphatic rings. The van der Waals surface area contributed by atoms with E-state index in [2.05, 4.69) is 42.2 Å². The fraction of sp³-hybridized carbons (Fsp3) is 0.625. The predicted octanol–water partition coefficient (Wildman–Crippen LogP) is 2.95. The minimum absolute atomic E-state index is 0.577. The highest BCUT2D eigenvalue weighted by Crippen LogP contribution is 2.28. The maximum absolute atomic E-state index is 5.97. The van der Waals surface area contributed by atoms with Gasteiger partial charge in [-0.2, -0.15) is 11.8 Å². The van der Waals surface area contributed by atoms with E-state index in [0.29, 0.717) is 12.0 Å². The Morgan fingerprint density at radius 2 is 2.16 bits per heavy atom. The summed E-state index contributed by atoms with van der Waals surface area (Å²) in [5, 5.41) is 0. The molecule has 0 bridgehead atoms. The van der Waals surface area contributed by atoms with Crippen LogP contribution in [0.25, 0.3) is 0 Å². The van der Waals surface area contributed by atoms with Gasteiger partial charge in [0.15, 0.2) is 0 Å². The summed E-state index contributed by atoms with van der Waals surface area (Å²) in [6.45, 7) is 5.41. The Bertz CT molecular complexity index is 355. The van der Waals surface area contributed by atoms with Gasteiger partial charge in [0.2, 0.25) is 0 Å². The summed E-state index contributed by atoms with van der Waals surface area (Å²) >= 11 is 2.03. The molecule has 19 heavy (non-hydrogen) atoms. The third kappa shape index (κ3) is 4.23. The summed E-state index contributed by atoms with van der Waals surface area (Å²) in [6.07, 6.45) is 2.51. The van der Waals surface area contributed by atoms with Crippen LogP contribution in [0.1, 0.15) is 31.2 Å². The maximum atomic E-state index is 5.97. The van der Waals surface area contributed by atoms with Crippen LogP contribution in [0.5, 0.6) is 0 Å². The van der Waals surface area contributed by atoms with Gasteiger partial charge in [-0.3, -0.25) is 4.90 Å². The molecule has 106 valence electrons. The lowest BCUT2D eigenvalue weighted by Crippen LogP contribution is -2.39. The number of nitrogens with zero attached hydrogens (tertiary/aromatic N) is 1. The molecule has 1 aromatic carbocycles. The summed E-state index contributed by atoms with van der Waals surface area (Å²) in [7, 11) is 0. The van der Waals surface area contributed by atoms with Crippen LogP contribution in [-0.2, 0) is 0 Å². The highest BCUT2D eigenvalue weighted by atomic mass is 32.2. The zero-order valence-corrected chi connectivity index (χ0v) is 12.7. The van der Waals surface area contributed by atoms with Crippen LogP contribution in [0.2, 0.25) is 0 Å². The highest BCUT2D eigenvalue weighted by molar-refractivity contribution is 7.99. The lowest BCUT2D eigenvalue weighted by Gasteiger charge is -2.26. The van der Waals surface area contributed by atoms with Gasteiger partial charge in [0.25, 0.3) is 0 Å². The lowest BCUT2D eigenvalue weighted by atomic mass is 9.99. The van der Waals surface area contributed by atoms with Crippen molar-refractivity contribution in [2.45, 2.75) is 31.7 Å². The van der Waals surface area contributed by atoms with Gasteiger partial charge in [0.05, 0.1) is 0 Å². The van der Waals surface area contributed by atoms with Crippen molar-refractivity contribution >= 4 is 11.8 Å². The van der Waals surface area contributed by atoms with E-state index < -0.39 is 0 Å². The number of thioether (sulfide) groups is 1. The monoisotopic (exact) mass is 278 g/mol. The molecule has 2 N–H and O–H groups in total. The number of nitrogens with two attached hydrogens (primary N) is 1. The molecule has 2 unspecified atom stereocenters. The van der Waals surface area contributed by atoms with Gasteiger partial charge in [0.1, 0.15) is 0 Å². The molecule has 0 saturated carbocycles. The van der Waals surface area contributed by atoms with E-state index in [9.17, 15) is 0 Å². The normalized spacial score (nSPS) is 21.7. The second kappa shape index (κ2) is 7.93. The van der Waals surface area contributed by atoms with Crippen LogP contribution >= 0.6 is 11.8 Å². The van der Waals surface area contributed by atoms with Gasteiger partial charge in [0, 0.05) is 19.1 Å². The Morgan fingerprint density at radius 3 is 2.84 bits per heavy atom. The lowest BCUT2D eigenvalue weighted by molar-refractivity contribution is 0.240. The van der Waals surface area contributed by atoms with Crippen LogP contribution < -0.4 is 5.73 Å². The topological polar surface area (TPSA) is 29.3 Å². The van der Waals surface area contributed by atoms with Gasteiger partial charge in [-0.05, 0) is 42.4 Å². The fourth-order valence-electron chi connectivity index (χ4n) is 2.93. The first-order valence-electron chi connectivity index (χ1n) is 7.42. The molecule has 1 fully saturated rings. The Morgan fingerprint density at radius 1 is 1.37 bits per heavy atom. The zero-order valence-electron chi connectivity index (χ0n) is 11.9. The van der Waals surface area contributed by atoms with Crippen molar-refractivity contribution in [3.8, 4) is 0 Å². The van der Waals surface area contributed by atoms with Crippen LogP contribution in [0, 0.1) is 0 Å². The molecular weight excluding hydrogens is 252 g/mol. The molecule has 1 aromatic rings. The first-order valence-corrected chi connectivity index (χ1v) is 8.57. The second-order valence-corrected chi connectivity index (χ2v) is 6.66. The Hall–Kier alpha value is -0.510. The summed E-state index contributed by atoms with van der Waals surface area (Å²) in [4.78, 5) is 2.61. The van der Waals surface area contributed by atoms with E-state index in [0.717, 1.165) is 6.54 Å². The third-order valence-electron chi connectivity index (χ3n) is 4.08. The smallest absolute Gasteiger partial charge is 0.0226 e. The number of rotatable bonds is 7. The molecule has 2 atom stereocenters. The Kier molecular flexibility index (Phi) is 6.21. The largest absolute Gasteiger partial charge is 0.329 e. The second-order valence-electron chi connectivity index (χ2n) is 5.27. The van der Waals surface area contributed by atoms with Crippen molar-refractivity contribution < 1.29 is 0 Å². The molecule has 0 spiro atoms. The molecule has 0 aliphatic carbocycles. The van der Waals surface area contributed by atoms with Gasteiger partial charge >= 0.3 is 0 Å². The van der Waals surface area contributed by atoms with E-state index in [1.807, 2.05) is 11.8 Å². The molecule has 0 aromatic heterocycles. The predicted molar refractivity (Wildman–Crippen MR) is 85.8 cm³/mol. The zero-order chi connectivity index (χ0) is 13.5. The molecular formula is C16H26N2S. The molecule has 1 saturated heterocycles. The fourth-order valence-corrected chi connectivity index (χ4v) is 3.66. The van der Waals surface area contributed by atoms with Gasteiger partial charge < -0.3 is 5.73 Å². The van der Waals surface area contributed by atoms with E-state index >= 15 is 0 Å². The minimum atomic E-state index is 0.577. The van der Waals surface area contributed by atoms with Crippen LogP contribution in [0.3, 0.4) is 0 Å². The van der Waals surface area contributed by atoms with Crippen molar-refractivity contribution in [1.82, 2.24) is 4.90 Å². The third-order valence-corrected chi connectivity index (χ3v) is 5.01. The number of likely N-dealkylation sites (tertiary alicyclic amines) is 1. The Balaban J connectivity index is 1.86. The highest BCUT2D eigenvalue weighted by Gasteiger charge is 2.27. The SMILES string of the molecule is CCSCCC(CN)N1CCC(c2ccccc2)C1. The summed E-state index contributed by atoms with van der Waals surface area (Å²) in [5.41, 5.74) is 7.46. The van der Waals surface area contributed by atoms with Crippen molar-refractivity contribution in [2.24, 2.45) is 5.73 Å². The summed E-state index contributed by atoms with van der Waals surface area (Å²) in [6, 6.07) is 11.5. The van der Waals surface area contributed by atoms with E-state index in [1.54, 1.807) is 0 Å². The first-order chi connectivity index (χ1) is 9.35. The minimum Gasteiger partial charge on any atom is -0.329 e. The summed E-state index contributed by atoms with van der Waals surface area (Å²) < 4.78 is 0. The quantitative estimate of drug-likeness (QED) is 0.778. The van der Waals surface area contributed by atoms with Crippen LogP contribution in [0.4, 0.5) is 0 Å². The van der Waals surface area contributed by atoms with E-state index in [1.165, 1.54) is 43.0 Å². The average Bonchev–Trinajstić information content (AvgIpc) is 2.94. The average molecular weight is 278 g/mol. The van der Waals surface area contributed by atoms with E-state index in [-0.39, 0.29) is 0 Å². The maximum Gasteiger partial charge on any atom is 0.0226 e. The molecule has 1 aliphatic heterocycles. The van der Waals surface area contributed by atoms with Crippen LogP contribution in [-0.4, -0.2) is 42.1 Å². The van der Waals surface area contributed by atoms with Crippen molar-refractivity contribution in [3.63, 3.8) is 0 Å². The standard InChI is InChI=1S/C16H26N2S/c1-2-19-11-9-16(12-17)18-10-8-15(13-18)14-6-4-3-5-7-14/h3-7,15-16H,2,8-13,17H2,1H3. The van der Waals surface area contributed by atoms with Gasteiger partial charge in [-0.25, -0.2) is 0 Å². The first kappa shape index (κ1) is 14.9.